The molecule has 0 aromatic heterocycles. The summed E-state index contributed by atoms with van der Waals surface area (Å²) in [5, 5.41) is 20.9. The molecule has 162 valence electrons. The quantitative estimate of drug-likeness (QED) is 0.641. The maximum absolute atomic E-state index is 10.4. The molecule has 0 radical (unpaired) electrons. The average Bonchev–Trinajstić information content (AvgIpc) is 3.43. The number of aliphatic hydroxyl groups is 2. The molecule has 0 saturated heterocycles. The number of rotatable bonds is 9. The fourth-order valence-electron chi connectivity index (χ4n) is 3.67. The number of aryl methyl sites for hydroxylation is 2. The Labute approximate surface area is 174 Å². The van der Waals surface area contributed by atoms with E-state index in [1.54, 1.807) is 14.2 Å². The molecule has 2 heterocycles. The highest BCUT2D eigenvalue weighted by Crippen LogP contribution is 2.43. The van der Waals surface area contributed by atoms with E-state index >= 15 is 0 Å². The van der Waals surface area contributed by atoms with Gasteiger partial charge in [-0.3, -0.25) is 0 Å². The molecule has 0 unspecified atom stereocenters. The molecular weight excluding hydrogens is 392 g/mol. The van der Waals surface area contributed by atoms with E-state index in [1.807, 2.05) is 24.3 Å². The Bertz CT molecular complexity index is 824. The molecule has 0 spiro atoms. The van der Waals surface area contributed by atoms with Crippen LogP contribution in [-0.2, 0) is 12.8 Å². The third-order valence-electron chi connectivity index (χ3n) is 5.34. The molecule has 0 bridgehead atoms. The summed E-state index contributed by atoms with van der Waals surface area (Å²) in [6.45, 7) is 0.336. The van der Waals surface area contributed by atoms with Crippen molar-refractivity contribution in [2.24, 2.45) is 0 Å². The second-order valence-electron chi connectivity index (χ2n) is 7.28. The van der Waals surface area contributed by atoms with Crippen molar-refractivity contribution >= 4 is 0 Å². The van der Waals surface area contributed by atoms with Gasteiger partial charge in [0.15, 0.2) is 23.0 Å². The minimum absolute atomic E-state index is 0.168. The minimum atomic E-state index is -0.850. The van der Waals surface area contributed by atoms with Crippen LogP contribution in [0.4, 0.5) is 0 Å². The molecule has 8 heteroatoms. The maximum Gasteiger partial charge on any atom is 0.231 e. The number of hydrogen-bond donors (Lipinski definition) is 2. The van der Waals surface area contributed by atoms with Crippen molar-refractivity contribution in [1.29, 1.82) is 0 Å². The summed E-state index contributed by atoms with van der Waals surface area (Å²) in [6, 6.07) is 7.49. The lowest BCUT2D eigenvalue weighted by Gasteiger charge is -2.18. The summed E-state index contributed by atoms with van der Waals surface area (Å²) in [5.74, 6) is 3.67. The van der Waals surface area contributed by atoms with Gasteiger partial charge in [0.25, 0.3) is 0 Å². The van der Waals surface area contributed by atoms with E-state index in [2.05, 4.69) is 0 Å². The summed E-state index contributed by atoms with van der Waals surface area (Å²) in [4.78, 5) is 0. The monoisotopic (exact) mass is 418 g/mol. The van der Waals surface area contributed by atoms with Gasteiger partial charge < -0.3 is 38.6 Å². The van der Waals surface area contributed by atoms with Crippen molar-refractivity contribution in [3.05, 3.63) is 35.4 Å². The lowest BCUT2D eigenvalue weighted by molar-refractivity contribution is 0.0104. The highest BCUT2D eigenvalue weighted by Gasteiger charge is 2.23. The lowest BCUT2D eigenvalue weighted by atomic mass is 9.98. The van der Waals surface area contributed by atoms with Crippen molar-refractivity contribution in [1.82, 2.24) is 0 Å². The molecule has 2 N–H and O–H groups in total. The number of benzene rings is 2. The van der Waals surface area contributed by atoms with Gasteiger partial charge in [0.1, 0.15) is 0 Å². The van der Waals surface area contributed by atoms with Gasteiger partial charge in [0.2, 0.25) is 25.1 Å². The number of hydrogen-bond acceptors (Lipinski definition) is 8. The van der Waals surface area contributed by atoms with E-state index in [4.69, 9.17) is 28.4 Å². The van der Waals surface area contributed by atoms with Crippen LogP contribution in [0.2, 0.25) is 0 Å². The Morgan fingerprint density at radius 2 is 1.17 bits per heavy atom. The van der Waals surface area contributed by atoms with Crippen molar-refractivity contribution in [3.8, 4) is 34.5 Å². The lowest BCUT2D eigenvalue weighted by Crippen LogP contribution is -2.27. The average molecular weight is 418 g/mol. The van der Waals surface area contributed by atoms with Gasteiger partial charge in [-0.15, -0.1) is 0 Å². The number of fused-ring (bicyclic) bond motifs is 2. The first-order valence-electron chi connectivity index (χ1n) is 9.88. The van der Waals surface area contributed by atoms with Crippen LogP contribution < -0.4 is 28.4 Å². The highest BCUT2D eigenvalue weighted by atomic mass is 16.7. The second-order valence-corrected chi connectivity index (χ2v) is 7.28. The third-order valence-corrected chi connectivity index (χ3v) is 5.34. The van der Waals surface area contributed by atoms with Crippen LogP contribution in [0.15, 0.2) is 24.3 Å². The SMILES string of the molecule is COc1cc(CC[C@@H](O)[C@H](O)CCc2cc(OC)c3c(c2)OCO3)cc2c1OCO2. The van der Waals surface area contributed by atoms with Crippen molar-refractivity contribution < 1.29 is 38.6 Å². The van der Waals surface area contributed by atoms with Gasteiger partial charge in [-0.05, 0) is 61.1 Å². The summed E-state index contributed by atoms with van der Waals surface area (Å²) in [5.41, 5.74) is 1.89. The Balaban J connectivity index is 1.32. The molecule has 2 aliphatic rings. The largest absolute Gasteiger partial charge is 0.493 e. The first-order valence-corrected chi connectivity index (χ1v) is 9.88. The molecule has 4 rings (SSSR count). The van der Waals surface area contributed by atoms with Crippen LogP contribution in [0.25, 0.3) is 0 Å². The minimum Gasteiger partial charge on any atom is -0.493 e. The van der Waals surface area contributed by atoms with Gasteiger partial charge in [-0.2, -0.15) is 0 Å². The molecule has 8 nitrogen and oxygen atoms in total. The van der Waals surface area contributed by atoms with E-state index in [0.717, 1.165) is 11.1 Å². The maximum atomic E-state index is 10.4. The molecule has 0 amide bonds. The Morgan fingerprint density at radius 3 is 1.57 bits per heavy atom. The topological polar surface area (TPSA) is 95.8 Å². The third kappa shape index (κ3) is 4.20. The zero-order chi connectivity index (χ0) is 21.1. The van der Waals surface area contributed by atoms with E-state index < -0.39 is 12.2 Å². The second kappa shape index (κ2) is 8.89. The van der Waals surface area contributed by atoms with Gasteiger partial charge >= 0.3 is 0 Å². The first-order chi connectivity index (χ1) is 14.6. The smallest absolute Gasteiger partial charge is 0.231 e. The van der Waals surface area contributed by atoms with Gasteiger partial charge in [0, 0.05) is 0 Å². The normalized spacial score (nSPS) is 15.7. The number of aliphatic hydroxyl groups excluding tert-OH is 2. The van der Waals surface area contributed by atoms with Crippen molar-refractivity contribution in [2.75, 3.05) is 27.8 Å². The summed E-state index contributed by atoms with van der Waals surface area (Å²) >= 11 is 0. The molecule has 30 heavy (non-hydrogen) atoms. The van der Waals surface area contributed by atoms with Crippen molar-refractivity contribution in [3.63, 3.8) is 0 Å². The predicted molar refractivity (Wildman–Crippen MR) is 107 cm³/mol. The van der Waals surface area contributed by atoms with Gasteiger partial charge in [-0.1, -0.05) is 0 Å². The van der Waals surface area contributed by atoms with E-state index in [9.17, 15) is 10.2 Å². The fourth-order valence-corrected chi connectivity index (χ4v) is 3.67. The van der Waals surface area contributed by atoms with Crippen LogP contribution >= 0.6 is 0 Å². The molecule has 0 aliphatic carbocycles. The highest BCUT2D eigenvalue weighted by molar-refractivity contribution is 5.56. The number of ether oxygens (including phenoxy) is 6. The predicted octanol–water partition coefficient (Wildman–Crippen LogP) is 2.45. The van der Waals surface area contributed by atoms with Crippen LogP contribution in [0.3, 0.4) is 0 Å². The first kappa shape index (κ1) is 20.4. The fraction of sp³-hybridized carbons (Fsp3) is 0.455. The standard InChI is InChI=1S/C22H26O8/c1-25-17-7-13(9-19-21(17)29-11-27-19)3-5-15(23)16(24)6-4-14-8-18(26-2)22-20(10-14)28-12-30-22/h7-10,15-16,23-24H,3-6,11-12H2,1-2H3/t15-,16-/m1/s1. The molecule has 0 fully saturated rings. The molecule has 2 atom stereocenters. The van der Waals surface area contributed by atoms with Crippen molar-refractivity contribution in [2.45, 2.75) is 37.9 Å². The molecule has 2 aromatic rings. The molecule has 0 saturated carbocycles. The Morgan fingerprint density at radius 1 is 0.733 bits per heavy atom. The Kier molecular flexibility index (Phi) is 6.06. The van der Waals surface area contributed by atoms with Gasteiger partial charge in [-0.25, -0.2) is 0 Å². The van der Waals surface area contributed by atoms with Crippen LogP contribution in [0.5, 0.6) is 34.5 Å². The van der Waals surface area contributed by atoms with E-state index in [1.165, 1.54) is 0 Å². The zero-order valence-electron chi connectivity index (χ0n) is 17.1. The molecular formula is C22H26O8. The van der Waals surface area contributed by atoms with E-state index in [-0.39, 0.29) is 13.6 Å². The van der Waals surface area contributed by atoms with Crippen LogP contribution in [0, 0.1) is 0 Å². The summed E-state index contributed by atoms with van der Waals surface area (Å²) in [6.07, 6.45) is 0.268. The van der Waals surface area contributed by atoms with E-state index in [0.29, 0.717) is 60.2 Å². The van der Waals surface area contributed by atoms with Gasteiger partial charge in [0.05, 0.1) is 26.4 Å². The summed E-state index contributed by atoms with van der Waals surface area (Å²) < 4.78 is 32.3. The summed E-state index contributed by atoms with van der Waals surface area (Å²) in [7, 11) is 3.15. The van der Waals surface area contributed by atoms with Crippen LogP contribution in [-0.4, -0.2) is 50.2 Å². The number of methoxy groups -OCH3 is 2. The molecule has 2 aliphatic heterocycles. The zero-order valence-corrected chi connectivity index (χ0v) is 17.1. The molecule has 2 aromatic carbocycles. The Hall–Kier alpha value is -2.84. The van der Waals surface area contributed by atoms with Crippen LogP contribution in [0.1, 0.15) is 24.0 Å².